The molecular weight excluding hydrogens is 264 g/mol. The Morgan fingerprint density at radius 2 is 2.10 bits per heavy atom. The first-order chi connectivity index (χ1) is 9.38. The van der Waals surface area contributed by atoms with Crippen molar-refractivity contribution in [3.05, 3.63) is 12.2 Å². The van der Waals surface area contributed by atoms with Gasteiger partial charge >= 0.3 is 11.9 Å². The van der Waals surface area contributed by atoms with E-state index < -0.39 is 12.0 Å². The highest BCUT2D eigenvalue weighted by Gasteiger charge is 2.24. The van der Waals surface area contributed by atoms with Crippen LogP contribution in [0.1, 0.15) is 26.2 Å². The molecule has 0 aromatic heterocycles. The predicted octanol–water partition coefficient (Wildman–Crippen LogP) is 0.0318. The van der Waals surface area contributed by atoms with Crippen LogP contribution in [0.5, 0.6) is 0 Å². The molecule has 1 saturated heterocycles. The van der Waals surface area contributed by atoms with Crippen molar-refractivity contribution >= 4 is 11.9 Å². The summed E-state index contributed by atoms with van der Waals surface area (Å²) in [6.45, 7) is 6.74. The summed E-state index contributed by atoms with van der Waals surface area (Å²) in [5, 5.41) is 8.33. The number of rotatable bonds is 8. The molecule has 0 saturated carbocycles. The third kappa shape index (κ3) is 10.5. The van der Waals surface area contributed by atoms with Gasteiger partial charge < -0.3 is 26.0 Å². The number of unbranched alkanes of at least 4 members (excludes halogenated alkanes) is 1. The molecule has 0 amide bonds. The summed E-state index contributed by atoms with van der Waals surface area (Å²) in [6, 6.07) is -0.716. The maximum absolute atomic E-state index is 10.7. The molecule has 20 heavy (non-hydrogen) atoms. The van der Waals surface area contributed by atoms with Crippen LogP contribution in [0.3, 0.4) is 0 Å². The van der Waals surface area contributed by atoms with Crippen LogP contribution >= 0.6 is 0 Å². The lowest BCUT2D eigenvalue weighted by molar-refractivity contribution is -0.140. The fraction of sp³-hybridized carbons (Fsp3) is 0.692. The van der Waals surface area contributed by atoms with Crippen LogP contribution in [0.25, 0.3) is 0 Å². The van der Waals surface area contributed by atoms with Crippen molar-refractivity contribution in [1.29, 1.82) is 0 Å². The SMILES string of the molecule is C=C(C)C(=O)OCC1CO1.NCCCC[C@H](N)C(=O)O. The first-order valence-electron chi connectivity index (χ1n) is 6.51. The number of epoxide rings is 1. The smallest absolute Gasteiger partial charge is 0.333 e. The minimum atomic E-state index is -0.933. The van der Waals surface area contributed by atoms with E-state index >= 15 is 0 Å². The number of carbonyl (C=O) groups excluding carboxylic acids is 1. The summed E-state index contributed by atoms with van der Waals surface area (Å²) in [7, 11) is 0. The lowest BCUT2D eigenvalue weighted by Crippen LogP contribution is -2.29. The van der Waals surface area contributed by atoms with Crippen LogP contribution in [0.4, 0.5) is 0 Å². The van der Waals surface area contributed by atoms with Gasteiger partial charge in [-0.2, -0.15) is 0 Å². The van der Waals surface area contributed by atoms with Crippen molar-refractivity contribution in [2.45, 2.75) is 38.3 Å². The molecule has 7 heteroatoms. The molecule has 0 aromatic rings. The zero-order valence-electron chi connectivity index (χ0n) is 11.8. The van der Waals surface area contributed by atoms with Crippen LogP contribution in [0, 0.1) is 0 Å². The second-order valence-corrected chi connectivity index (χ2v) is 4.56. The first-order valence-corrected chi connectivity index (χ1v) is 6.51. The minimum Gasteiger partial charge on any atom is -0.480 e. The molecule has 1 aliphatic rings. The zero-order valence-corrected chi connectivity index (χ0v) is 11.8. The first kappa shape index (κ1) is 18.6. The third-order valence-corrected chi connectivity index (χ3v) is 2.44. The number of esters is 1. The quantitative estimate of drug-likeness (QED) is 0.249. The van der Waals surface area contributed by atoms with Gasteiger partial charge in [-0.05, 0) is 26.3 Å². The van der Waals surface area contributed by atoms with Gasteiger partial charge in [0.2, 0.25) is 0 Å². The van der Waals surface area contributed by atoms with Crippen LogP contribution in [0.15, 0.2) is 12.2 Å². The highest BCUT2D eigenvalue weighted by Crippen LogP contribution is 2.09. The molecule has 7 nitrogen and oxygen atoms in total. The molecule has 5 N–H and O–H groups in total. The number of hydrogen-bond acceptors (Lipinski definition) is 6. The molecule has 0 bridgehead atoms. The number of nitrogens with two attached hydrogens (primary N) is 2. The molecule has 0 aromatic carbocycles. The van der Waals surface area contributed by atoms with Crippen molar-refractivity contribution in [1.82, 2.24) is 0 Å². The van der Waals surface area contributed by atoms with Gasteiger partial charge in [-0.25, -0.2) is 4.79 Å². The van der Waals surface area contributed by atoms with Crippen LogP contribution < -0.4 is 11.5 Å². The van der Waals surface area contributed by atoms with Gasteiger partial charge in [0.1, 0.15) is 18.8 Å². The van der Waals surface area contributed by atoms with Crippen molar-refractivity contribution < 1.29 is 24.2 Å². The second kappa shape index (κ2) is 10.4. The highest BCUT2D eigenvalue weighted by atomic mass is 16.6. The van der Waals surface area contributed by atoms with Crippen LogP contribution in [-0.2, 0) is 19.1 Å². The van der Waals surface area contributed by atoms with Gasteiger partial charge in [-0.15, -0.1) is 0 Å². The van der Waals surface area contributed by atoms with E-state index in [0.717, 1.165) is 12.8 Å². The largest absolute Gasteiger partial charge is 0.480 e. The predicted molar refractivity (Wildman–Crippen MR) is 74.0 cm³/mol. The Morgan fingerprint density at radius 1 is 1.50 bits per heavy atom. The Hall–Kier alpha value is -1.44. The summed E-state index contributed by atoms with van der Waals surface area (Å²) in [5.41, 5.74) is 10.9. The van der Waals surface area contributed by atoms with E-state index in [2.05, 4.69) is 6.58 Å². The van der Waals surface area contributed by atoms with Gasteiger partial charge in [-0.3, -0.25) is 4.79 Å². The summed E-state index contributed by atoms with van der Waals surface area (Å²) >= 11 is 0. The normalized spacial score (nSPS) is 17.4. The maximum Gasteiger partial charge on any atom is 0.333 e. The van der Waals surface area contributed by atoms with Crippen molar-refractivity contribution in [2.75, 3.05) is 19.8 Å². The fourth-order valence-electron chi connectivity index (χ4n) is 1.09. The summed E-state index contributed by atoms with van der Waals surface area (Å²) in [5.74, 6) is -1.27. The molecular formula is C13H24N2O5. The number of aliphatic carboxylic acids is 1. The molecule has 0 radical (unpaired) electrons. The number of carboxylic acid groups (broad SMARTS) is 1. The summed E-state index contributed by atoms with van der Waals surface area (Å²) in [6.07, 6.45) is 2.31. The zero-order chi connectivity index (χ0) is 15.5. The van der Waals surface area contributed by atoms with E-state index in [0.29, 0.717) is 31.8 Å². The van der Waals surface area contributed by atoms with E-state index in [4.69, 9.17) is 26.0 Å². The molecule has 0 spiro atoms. The third-order valence-electron chi connectivity index (χ3n) is 2.44. The van der Waals surface area contributed by atoms with Crippen LogP contribution in [0.2, 0.25) is 0 Å². The number of ether oxygens (including phenoxy) is 2. The fourth-order valence-corrected chi connectivity index (χ4v) is 1.09. The summed E-state index contributed by atoms with van der Waals surface area (Å²) < 4.78 is 9.60. The van der Waals surface area contributed by atoms with E-state index in [-0.39, 0.29) is 12.1 Å². The average Bonchev–Trinajstić information content (AvgIpc) is 3.20. The molecule has 116 valence electrons. The van der Waals surface area contributed by atoms with Crippen LogP contribution in [-0.4, -0.2) is 48.9 Å². The van der Waals surface area contributed by atoms with Crippen molar-refractivity contribution in [3.8, 4) is 0 Å². The van der Waals surface area contributed by atoms with Gasteiger partial charge in [-0.1, -0.05) is 13.0 Å². The average molecular weight is 288 g/mol. The van der Waals surface area contributed by atoms with Gasteiger partial charge in [0.25, 0.3) is 0 Å². The molecule has 1 unspecified atom stereocenters. The molecule has 1 fully saturated rings. The van der Waals surface area contributed by atoms with Gasteiger partial charge in [0, 0.05) is 5.57 Å². The molecule has 0 aliphatic carbocycles. The second-order valence-electron chi connectivity index (χ2n) is 4.56. The lowest BCUT2D eigenvalue weighted by atomic mass is 10.1. The molecule has 1 rings (SSSR count). The molecule has 1 heterocycles. The lowest BCUT2D eigenvalue weighted by Gasteiger charge is -2.03. The topological polar surface area (TPSA) is 128 Å². The highest BCUT2D eigenvalue weighted by molar-refractivity contribution is 5.86. The minimum absolute atomic E-state index is 0.142. The van der Waals surface area contributed by atoms with E-state index in [9.17, 15) is 9.59 Å². The van der Waals surface area contributed by atoms with E-state index in [1.165, 1.54) is 0 Å². The number of carboxylic acids is 1. The summed E-state index contributed by atoms with van der Waals surface area (Å²) in [4.78, 5) is 20.8. The monoisotopic (exact) mass is 288 g/mol. The standard InChI is InChI=1S/C7H10O3.C6H14N2O2/c1-5(2)7(8)10-4-6-3-9-6;7-4-2-1-3-5(8)6(9)10/h6H,1,3-4H2,2H3;5H,1-4,7-8H2,(H,9,10)/t;5-/m.0/s1. The van der Waals surface area contributed by atoms with E-state index in [1.807, 2.05) is 0 Å². The Labute approximate surface area is 118 Å². The van der Waals surface area contributed by atoms with Gasteiger partial charge in [0.15, 0.2) is 0 Å². The van der Waals surface area contributed by atoms with Crippen molar-refractivity contribution in [3.63, 3.8) is 0 Å². The Bertz CT molecular complexity index is 329. The van der Waals surface area contributed by atoms with E-state index in [1.54, 1.807) is 6.92 Å². The Kier molecular flexibility index (Phi) is 9.61. The van der Waals surface area contributed by atoms with Crippen molar-refractivity contribution in [2.24, 2.45) is 11.5 Å². The molecule has 1 aliphatic heterocycles. The molecule has 2 atom stereocenters. The Morgan fingerprint density at radius 3 is 2.50 bits per heavy atom. The van der Waals surface area contributed by atoms with Gasteiger partial charge in [0.05, 0.1) is 6.61 Å². The maximum atomic E-state index is 10.7. The number of carbonyl (C=O) groups is 2. The Balaban J connectivity index is 0.000000361. The number of hydrogen-bond donors (Lipinski definition) is 3.